The number of methoxy groups -OCH3 is 2. The van der Waals surface area contributed by atoms with Crippen molar-refractivity contribution in [1.29, 1.82) is 0 Å². The number of hydrogen-bond donors (Lipinski definition) is 1. The van der Waals surface area contributed by atoms with Crippen LogP contribution in [0.2, 0.25) is 0 Å². The highest BCUT2D eigenvalue weighted by Gasteiger charge is 2.14. The minimum Gasteiger partial charge on any atom is -0.383 e. The van der Waals surface area contributed by atoms with Gasteiger partial charge in [0.2, 0.25) is 0 Å². The van der Waals surface area contributed by atoms with E-state index in [4.69, 9.17) is 15.2 Å². The van der Waals surface area contributed by atoms with Gasteiger partial charge >= 0.3 is 0 Å². The number of fused-ring (bicyclic) bond motifs is 1. The van der Waals surface area contributed by atoms with Gasteiger partial charge in [-0.2, -0.15) is 0 Å². The van der Waals surface area contributed by atoms with Crippen LogP contribution in [0, 0.1) is 0 Å². The summed E-state index contributed by atoms with van der Waals surface area (Å²) in [7, 11) is 3.46. The largest absolute Gasteiger partial charge is 0.383 e. The van der Waals surface area contributed by atoms with Gasteiger partial charge in [0.15, 0.2) is 5.13 Å². The molecule has 0 saturated heterocycles. The second-order valence-electron chi connectivity index (χ2n) is 5.12. The van der Waals surface area contributed by atoms with Crippen LogP contribution in [0.1, 0.15) is 12.5 Å². The number of anilines is 1. The molecular weight excluding hydrogens is 286 g/mol. The van der Waals surface area contributed by atoms with Crippen LogP contribution < -0.4 is 5.73 Å². The van der Waals surface area contributed by atoms with Crippen LogP contribution in [0.5, 0.6) is 0 Å². The molecule has 21 heavy (non-hydrogen) atoms. The van der Waals surface area contributed by atoms with E-state index >= 15 is 0 Å². The molecule has 0 aliphatic heterocycles. The summed E-state index contributed by atoms with van der Waals surface area (Å²) in [6.07, 6.45) is 0. The van der Waals surface area contributed by atoms with E-state index in [1.54, 1.807) is 14.2 Å². The molecule has 0 aliphatic carbocycles. The van der Waals surface area contributed by atoms with Crippen molar-refractivity contribution in [3.8, 4) is 0 Å². The van der Waals surface area contributed by atoms with Gasteiger partial charge in [-0.05, 0) is 24.6 Å². The summed E-state index contributed by atoms with van der Waals surface area (Å²) >= 11 is 1.53. The number of benzene rings is 1. The van der Waals surface area contributed by atoms with E-state index < -0.39 is 0 Å². The Labute approximate surface area is 129 Å². The molecular formula is C15H23N3O2S. The summed E-state index contributed by atoms with van der Waals surface area (Å²) < 4.78 is 11.6. The maximum absolute atomic E-state index is 5.76. The number of nitrogens with zero attached hydrogens (tertiary/aromatic N) is 2. The van der Waals surface area contributed by atoms with E-state index in [0.717, 1.165) is 23.3 Å². The number of nitrogens with two attached hydrogens (primary N) is 1. The standard InChI is InChI=1S/C15H23N3O2S/c1-11(10-20-3)18(6-7-19-2)9-12-4-5-13-14(8-12)21-15(16)17-13/h4-5,8,11H,6-7,9-10H2,1-3H3,(H2,16,17). The summed E-state index contributed by atoms with van der Waals surface area (Å²) in [5.74, 6) is 0. The number of aromatic nitrogens is 1. The molecule has 1 aromatic carbocycles. The van der Waals surface area contributed by atoms with Gasteiger partial charge in [0.25, 0.3) is 0 Å². The maximum Gasteiger partial charge on any atom is 0.181 e. The third kappa shape index (κ3) is 4.38. The minimum absolute atomic E-state index is 0.340. The monoisotopic (exact) mass is 309 g/mol. The molecule has 1 aromatic heterocycles. The number of ether oxygens (including phenoxy) is 2. The van der Waals surface area contributed by atoms with Crippen molar-refractivity contribution in [3.63, 3.8) is 0 Å². The fraction of sp³-hybridized carbons (Fsp3) is 0.533. The lowest BCUT2D eigenvalue weighted by atomic mass is 10.1. The fourth-order valence-corrected chi connectivity index (χ4v) is 3.13. The van der Waals surface area contributed by atoms with Crippen molar-refractivity contribution in [3.05, 3.63) is 23.8 Å². The molecule has 6 heteroatoms. The lowest BCUT2D eigenvalue weighted by Gasteiger charge is -2.28. The summed E-state index contributed by atoms with van der Waals surface area (Å²) in [5.41, 5.74) is 7.98. The lowest BCUT2D eigenvalue weighted by Crippen LogP contribution is -2.38. The molecule has 2 aromatic rings. The van der Waals surface area contributed by atoms with Gasteiger partial charge in [-0.15, -0.1) is 0 Å². The highest BCUT2D eigenvalue weighted by Crippen LogP contribution is 2.25. The predicted octanol–water partition coefficient (Wildman–Crippen LogP) is 2.36. The first kappa shape index (κ1) is 16.2. The Kier molecular flexibility index (Phi) is 5.93. The first-order valence-corrected chi connectivity index (χ1v) is 7.82. The van der Waals surface area contributed by atoms with E-state index in [2.05, 4.69) is 28.9 Å². The molecule has 1 unspecified atom stereocenters. The maximum atomic E-state index is 5.76. The number of nitrogen functional groups attached to an aromatic ring is 1. The molecule has 0 aliphatic rings. The Morgan fingerprint density at radius 1 is 1.33 bits per heavy atom. The van der Waals surface area contributed by atoms with Gasteiger partial charge in [-0.1, -0.05) is 17.4 Å². The van der Waals surface area contributed by atoms with Crippen LogP contribution in [0.4, 0.5) is 5.13 Å². The van der Waals surface area contributed by atoms with Gasteiger partial charge in [-0.25, -0.2) is 4.98 Å². The zero-order valence-electron chi connectivity index (χ0n) is 12.8. The Morgan fingerprint density at radius 3 is 2.86 bits per heavy atom. The van der Waals surface area contributed by atoms with Crippen molar-refractivity contribution in [1.82, 2.24) is 9.88 Å². The predicted molar refractivity (Wildman–Crippen MR) is 87.7 cm³/mol. The van der Waals surface area contributed by atoms with Crippen molar-refractivity contribution < 1.29 is 9.47 Å². The second-order valence-corrected chi connectivity index (χ2v) is 6.18. The van der Waals surface area contributed by atoms with Crippen LogP contribution in [0.15, 0.2) is 18.2 Å². The first-order chi connectivity index (χ1) is 10.1. The van der Waals surface area contributed by atoms with Crippen molar-refractivity contribution in [2.24, 2.45) is 0 Å². The van der Waals surface area contributed by atoms with E-state index in [1.165, 1.54) is 16.9 Å². The number of rotatable bonds is 8. The highest BCUT2D eigenvalue weighted by atomic mass is 32.1. The SMILES string of the molecule is COCCN(Cc1ccc2nc(N)sc2c1)C(C)COC. The van der Waals surface area contributed by atoms with E-state index in [0.29, 0.717) is 24.4 Å². The summed E-state index contributed by atoms with van der Waals surface area (Å²) in [6, 6.07) is 6.66. The van der Waals surface area contributed by atoms with Crippen molar-refractivity contribution in [2.75, 3.05) is 39.7 Å². The zero-order valence-corrected chi connectivity index (χ0v) is 13.7. The molecule has 2 rings (SSSR count). The fourth-order valence-electron chi connectivity index (χ4n) is 2.33. The average molecular weight is 309 g/mol. The van der Waals surface area contributed by atoms with Crippen LogP contribution in [-0.2, 0) is 16.0 Å². The van der Waals surface area contributed by atoms with Crippen LogP contribution in [0.3, 0.4) is 0 Å². The van der Waals surface area contributed by atoms with Gasteiger partial charge in [0.05, 0.1) is 23.4 Å². The zero-order chi connectivity index (χ0) is 15.2. The highest BCUT2D eigenvalue weighted by molar-refractivity contribution is 7.22. The Morgan fingerprint density at radius 2 is 2.14 bits per heavy atom. The number of hydrogen-bond acceptors (Lipinski definition) is 6. The molecule has 2 N–H and O–H groups in total. The molecule has 116 valence electrons. The van der Waals surface area contributed by atoms with E-state index in [1.807, 2.05) is 6.07 Å². The summed E-state index contributed by atoms with van der Waals surface area (Å²) in [5, 5.41) is 0.617. The molecule has 1 atom stereocenters. The molecule has 0 spiro atoms. The second kappa shape index (κ2) is 7.70. The molecule has 5 nitrogen and oxygen atoms in total. The average Bonchev–Trinajstić information content (AvgIpc) is 2.82. The molecule has 0 saturated carbocycles. The Balaban J connectivity index is 2.12. The third-order valence-electron chi connectivity index (χ3n) is 3.47. The van der Waals surface area contributed by atoms with Gasteiger partial charge in [0.1, 0.15) is 0 Å². The van der Waals surface area contributed by atoms with Crippen molar-refractivity contribution >= 4 is 26.7 Å². The van der Waals surface area contributed by atoms with Crippen LogP contribution in [0.25, 0.3) is 10.2 Å². The smallest absolute Gasteiger partial charge is 0.181 e. The van der Waals surface area contributed by atoms with Gasteiger partial charge < -0.3 is 15.2 Å². The summed E-state index contributed by atoms with van der Waals surface area (Å²) in [6.45, 7) is 5.33. The van der Waals surface area contributed by atoms with Crippen LogP contribution >= 0.6 is 11.3 Å². The van der Waals surface area contributed by atoms with Crippen LogP contribution in [-0.4, -0.2) is 49.9 Å². The van der Waals surface area contributed by atoms with E-state index in [-0.39, 0.29) is 0 Å². The molecule has 0 amide bonds. The number of thiazole rings is 1. The Hall–Kier alpha value is -1.21. The quantitative estimate of drug-likeness (QED) is 0.811. The molecule has 0 radical (unpaired) electrons. The van der Waals surface area contributed by atoms with Gasteiger partial charge in [-0.3, -0.25) is 4.90 Å². The lowest BCUT2D eigenvalue weighted by molar-refractivity contribution is 0.0705. The first-order valence-electron chi connectivity index (χ1n) is 7.01. The van der Waals surface area contributed by atoms with Gasteiger partial charge in [0, 0.05) is 33.4 Å². The minimum atomic E-state index is 0.340. The molecule has 1 heterocycles. The summed E-state index contributed by atoms with van der Waals surface area (Å²) in [4.78, 5) is 6.65. The topological polar surface area (TPSA) is 60.6 Å². The molecule has 0 bridgehead atoms. The Bertz CT molecular complexity index is 573. The molecule has 0 fully saturated rings. The van der Waals surface area contributed by atoms with Crippen molar-refractivity contribution in [2.45, 2.75) is 19.5 Å². The van der Waals surface area contributed by atoms with E-state index in [9.17, 15) is 0 Å². The third-order valence-corrected chi connectivity index (χ3v) is 4.32. The normalized spacial score (nSPS) is 13.1.